The van der Waals surface area contributed by atoms with Crippen molar-refractivity contribution in [1.29, 1.82) is 0 Å². The highest BCUT2D eigenvalue weighted by Crippen LogP contribution is 2.38. The molecule has 0 radical (unpaired) electrons. The maximum atomic E-state index is 12.8. The second-order valence-corrected chi connectivity index (χ2v) is 25.9. The molecule has 0 aliphatic rings. The van der Waals surface area contributed by atoms with Gasteiger partial charge in [0, 0.05) is 12.8 Å². The molecule has 0 rings (SSSR count). The van der Waals surface area contributed by atoms with Gasteiger partial charge in [0.25, 0.3) is 7.82 Å². The topological polar surface area (TPSA) is 111 Å². The van der Waals surface area contributed by atoms with E-state index in [2.05, 4.69) is 74.6 Å². The number of rotatable bonds is 64. The normalized spacial score (nSPS) is 13.5. The number of carbonyl (C=O) groups is 2. The van der Waals surface area contributed by atoms with Crippen molar-refractivity contribution >= 4 is 19.8 Å². The van der Waals surface area contributed by atoms with Crippen LogP contribution >= 0.6 is 7.82 Å². The molecule has 0 aliphatic carbocycles. The lowest BCUT2D eigenvalue weighted by Crippen LogP contribution is -2.37. The SMILES string of the molecule is CC/C=C\C/C=C\C/C=C\C/C=C\CCCCCCCCCCCCCCCCCCCCCCCCCCCCC(=O)OC(COC(=O)CCCCCCCCC/C=C\CCCCCCCCC)COP(=O)([O-])OCC[N+](C)(C)C. The van der Waals surface area contributed by atoms with Crippen LogP contribution in [-0.4, -0.2) is 70.0 Å². The average Bonchev–Trinajstić information content (AvgIpc) is 3.43. The number of hydrogen-bond acceptors (Lipinski definition) is 8. The first-order chi connectivity index (χ1) is 39.5. The summed E-state index contributed by atoms with van der Waals surface area (Å²) in [5.74, 6) is -0.822. The number of likely N-dealkylation sites (N-methyl/N-ethyl adjacent to an activating group) is 1. The molecule has 474 valence electrons. The van der Waals surface area contributed by atoms with E-state index in [-0.39, 0.29) is 32.0 Å². The Kier molecular flexibility index (Phi) is 60.5. The Hall–Kier alpha value is -2.29. The van der Waals surface area contributed by atoms with Gasteiger partial charge >= 0.3 is 11.9 Å². The fourth-order valence-electron chi connectivity index (χ4n) is 10.00. The van der Waals surface area contributed by atoms with Crippen LogP contribution < -0.4 is 4.89 Å². The Labute approximate surface area is 502 Å². The standard InChI is InChI=1S/C71H132NO8P/c1-6-8-10-12-14-16-18-20-22-24-26-27-28-29-30-31-32-33-34-35-36-37-38-39-40-41-42-43-44-45-46-48-50-52-54-56-58-60-62-64-71(74)80-69(68-79-81(75,76)78-66-65-72(3,4)5)67-77-70(73)63-61-59-57-55-53-51-49-47-25-23-21-19-17-15-13-11-9-7-2/h8,10,14,16,20,22-23,25-27,69H,6-7,9,11-13,15,17-19,21,24,28-68H2,1-5H3/b10-8-,16-14-,22-20-,25-23-,27-26-. The highest BCUT2D eigenvalue weighted by atomic mass is 31.2. The van der Waals surface area contributed by atoms with E-state index in [9.17, 15) is 19.0 Å². The van der Waals surface area contributed by atoms with Gasteiger partial charge in [-0.05, 0) is 77.0 Å². The third-order valence-electron chi connectivity index (χ3n) is 15.3. The van der Waals surface area contributed by atoms with Crippen molar-refractivity contribution < 1.29 is 42.1 Å². The summed E-state index contributed by atoms with van der Waals surface area (Å²) in [6.07, 6.45) is 81.7. The number of quaternary nitrogens is 1. The Morgan fingerprint density at radius 1 is 0.395 bits per heavy atom. The number of phosphoric acid groups is 1. The molecule has 0 aromatic rings. The maximum absolute atomic E-state index is 12.8. The minimum Gasteiger partial charge on any atom is -0.756 e. The van der Waals surface area contributed by atoms with E-state index < -0.39 is 26.5 Å². The van der Waals surface area contributed by atoms with Gasteiger partial charge < -0.3 is 27.9 Å². The zero-order chi connectivity index (χ0) is 59.1. The zero-order valence-electron chi connectivity index (χ0n) is 54.0. The molecule has 0 saturated carbocycles. The van der Waals surface area contributed by atoms with Crippen LogP contribution in [0.15, 0.2) is 60.8 Å². The molecule has 0 spiro atoms. The predicted molar refractivity (Wildman–Crippen MR) is 347 cm³/mol. The largest absolute Gasteiger partial charge is 0.756 e. The average molecular weight is 1160 g/mol. The van der Waals surface area contributed by atoms with E-state index in [1.807, 2.05) is 21.1 Å². The molecular weight excluding hydrogens is 1030 g/mol. The number of phosphoric ester groups is 1. The number of esters is 2. The van der Waals surface area contributed by atoms with E-state index in [1.165, 1.54) is 225 Å². The Balaban J connectivity index is 3.91. The Morgan fingerprint density at radius 3 is 1.06 bits per heavy atom. The number of nitrogens with zero attached hydrogens (tertiary/aromatic N) is 1. The summed E-state index contributed by atoms with van der Waals surface area (Å²) in [5, 5.41) is 0. The molecule has 0 aliphatic heterocycles. The minimum absolute atomic E-state index is 0.0298. The quantitative estimate of drug-likeness (QED) is 0.0195. The summed E-state index contributed by atoms with van der Waals surface area (Å²) < 4.78 is 34.3. The summed E-state index contributed by atoms with van der Waals surface area (Å²) in [6.45, 7) is 4.17. The van der Waals surface area contributed by atoms with Crippen molar-refractivity contribution in [2.75, 3.05) is 47.5 Å². The fraction of sp³-hybridized carbons (Fsp3) is 0.831. The van der Waals surface area contributed by atoms with Gasteiger partial charge in [0.15, 0.2) is 6.10 Å². The molecule has 0 heterocycles. The summed E-state index contributed by atoms with van der Waals surface area (Å²) in [4.78, 5) is 38.0. The number of hydrogen-bond donors (Lipinski definition) is 0. The Morgan fingerprint density at radius 2 is 0.704 bits per heavy atom. The molecule has 2 unspecified atom stereocenters. The van der Waals surface area contributed by atoms with Crippen LogP contribution in [0.4, 0.5) is 0 Å². The van der Waals surface area contributed by atoms with E-state index in [4.69, 9.17) is 18.5 Å². The molecule has 0 fully saturated rings. The van der Waals surface area contributed by atoms with Crippen LogP contribution in [0, 0.1) is 0 Å². The van der Waals surface area contributed by atoms with Crippen molar-refractivity contribution in [3.8, 4) is 0 Å². The monoisotopic (exact) mass is 1160 g/mol. The van der Waals surface area contributed by atoms with Crippen molar-refractivity contribution in [1.82, 2.24) is 0 Å². The molecule has 0 amide bonds. The highest BCUT2D eigenvalue weighted by Gasteiger charge is 2.22. The van der Waals surface area contributed by atoms with Gasteiger partial charge in [-0.25, -0.2) is 0 Å². The molecule has 0 bridgehead atoms. The molecule has 0 aromatic carbocycles. The first-order valence-corrected chi connectivity index (χ1v) is 36.0. The lowest BCUT2D eigenvalue weighted by Gasteiger charge is -2.28. The van der Waals surface area contributed by atoms with E-state index >= 15 is 0 Å². The molecule has 0 N–H and O–H groups in total. The Bertz CT molecular complexity index is 1550. The second kappa shape index (κ2) is 62.2. The zero-order valence-corrected chi connectivity index (χ0v) is 54.9. The smallest absolute Gasteiger partial charge is 0.306 e. The van der Waals surface area contributed by atoms with Gasteiger partial charge in [0.05, 0.1) is 27.7 Å². The molecule has 81 heavy (non-hydrogen) atoms. The number of ether oxygens (including phenoxy) is 2. The van der Waals surface area contributed by atoms with Gasteiger partial charge in [-0.2, -0.15) is 0 Å². The molecule has 10 heteroatoms. The maximum Gasteiger partial charge on any atom is 0.306 e. The second-order valence-electron chi connectivity index (χ2n) is 24.5. The van der Waals surface area contributed by atoms with Crippen molar-refractivity contribution in [3.63, 3.8) is 0 Å². The van der Waals surface area contributed by atoms with Crippen molar-refractivity contribution in [2.24, 2.45) is 0 Å². The van der Waals surface area contributed by atoms with Gasteiger partial charge in [0.1, 0.15) is 19.8 Å². The molecule has 2 atom stereocenters. The minimum atomic E-state index is -4.64. The van der Waals surface area contributed by atoms with Gasteiger partial charge in [-0.3, -0.25) is 14.2 Å². The summed E-state index contributed by atoms with van der Waals surface area (Å²) in [6, 6.07) is 0. The molecule has 0 aromatic heterocycles. The van der Waals surface area contributed by atoms with E-state index in [0.29, 0.717) is 17.4 Å². The summed E-state index contributed by atoms with van der Waals surface area (Å²) in [7, 11) is 1.18. The molecule has 9 nitrogen and oxygen atoms in total. The number of carbonyl (C=O) groups excluding carboxylic acids is 2. The van der Waals surface area contributed by atoms with Crippen molar-refractivity contribution in [2.45, 2.75) is 335 Å². The number of unbranched alkanes of at least 4 members (excludes halogenated alkanes) is 40. The van der Waals surface area contributed by atoms with E-state index in [0.717, 1.165) is 70.6 Å². The fourth-order valence-corrected chi connectivity index (χ4v) is 10.7. The van der Waals surface area contributed by atoms with Gasteiger partial charge in [-0.1, -0.05) is 299 Å². The van der Waals surface area contributed by atoms with Crippen LogP contribution in [0.3, 0.4) is 0 Å². The first-order valence-electron chi connectivity index (χ1n) is 34.5. The summed E-state index contributed by atoms with van der Waals surface area (Å²) in [5.41, 5.74) is 0. The van der Waals surface area contributed by atoms with Crippen LogP contribution in [-0.2, 0) is 32.7 Å². The van der Waals surface area contributed by atoms with Crippen LogP contribution in [0.2, 0.25) is 0 Å². The van der Waals surface area contributed by atoms with Crippen LogP contribution in [0.1, 0.15) is 328 Å². The lowest BCUT2D eigenvalue weighted by atomic mass is 10.0. The first kappa shape index (κ1) is 78.7. The van der Waals surface area contributed by atoms with Crippen LogP contribution in [0.5, 0.6) is 0 Å². The summed E-state index contributed by atoms with van der Waals surface area (Å²) >= 11 is 0. The van der Waals surface area contributed by atoms with E-state index in [1.54, 1.807) is 0 Å². The van der Waals surface area contributed by atoms with Crippen LogP contribution in [0.25, 0.3) is 0 Å². The number of allylic oxidation sites excluding steroid dienone is 10. The van der Waals surface area contributed by atoms with Gasteiger partial charge in [0.2, 0.25) is 0 Å². The van der Waals surface area contributed by atoms with Gasteiger partial charge in [-0.15, -0.1) is 0 Å². The lowest BCUT2D eigenvalue weighted by molar-refractivity contribution is -0.870. The third kappa shape index (κ3) is 66.7. The molecule has 0 saturated heterocycles. The third-order valence-corrected chi connectivity index (χ3v) is 16.2. The molecular formula is C71H132NO8P. The highest BCUT2D eigenvalue weighted by molar-refractivity contribution is 7.45. The van der Waals surface area contributed by atoms with Crippen molar-refractivity contribution in [3.05, 3.63) is 60.8 Å². The predicted octanol–water partition coefficient (Wildman–Crippen LogP) is 21.6.